The highest BCUT2D eigenvalue weighted by molar-refractivity contribution is 7.98. The van der Waals surface area contributed by atoms with Gasteiger partial charge in [0, 0.05) is 11.3 Å². The summed E-state index contributed by atoms with van der Waals surface area (Å²) in [5.74, 6) is -0.262. The minimum Gasteiger partial charge on any atom is -0.368 e. The number of nitrogens with one attached hydrogen (secondary N) is 2. The van der Waals surface area contributed by atoms with E-state index in [1.54, 1.807) is 36.4 Å². The minimum absolute atomic E-state index is 0.355. The van der Waals surface area contributed by atoms with Gasteiger partial charge in [-0.2, -0.15) is 5.10 Å². The van der Waals surface area contributed by atoms with Crippen molar-refractivity contribution in [3.63, 3.8) is 0 Å². The van der Waals surface area contributed by atoms with E-state index in [4.69, 9.17) is 5.73 Å². The van der Waals surface area contributed by atoms with Gasteiger partial charge in [-0.25, -0.2) is 4.98 Å². The number of nitrogens with zero attached hydrogens (tertiary/aromatic N) is 2. The van der Waals surface area contributed by atoms with E-state index < -0.39 is 11.9 Å². The molecule has 1 aromatic heterocycles. The SMILES string of the molecule is NC(=O)C(NC(=O)c1ccc(CSc2ncn[nH]2)cc1)c1ccccc1. The molecule has 1 atom stereocenters. The number of amides is 2. The van der Waals surface area contributed by atoms with Crippen LogP contribution < -0.4 is 11.1 Å². The fourth-order valence-corrected chi connectivity index (χ4v) is 3.08. The molecule has 26 heavy (non-hydrogen) atoms. The molecule has 0 saturated carbocycles. The van der Waals surface area contributed by atoms with Crippen LogP contribution in [-0.2, 0) is 10.5 Å². The number of hydrogen-bond acceptors (Lipinski definition) is 5. The Hall–Kier alpha value is -3.13. The van der Waals surface area contributed by atoms with Gasteiger partial charge in [0.2, 0.25) is 5.91 Å². The Morgan fingerprint density at radius 3 is 2.46 bits per heavy atom. The molecule has 2 aromatic carbocycles. The largest absolute Gasteiger partial charge is 0.368 e. The maximum atomic E-state index is 12.4. The second-order valence-electron chi connectivity index (χ2n) is 5.50. The monoisotopic (exact) mass is 367 g/mol. The Morgan fingerprint density at radius 2 is 1.85 bits per heavy atom. The van der Waals surface area contributed by atoms with Crippen molar-refractivity contribution in [2.75, 3.05) is 0 Å². The Morgan fingerprint density at radius 1 is 1.12 bits per heavy atom. The van der Waals surface area contributed by atoms with Gasteiger partial charge in [0.25, 0.3) is 5.91 Å². The van der Waals surface area contributed by atoms with Gasteiger partial charge in [-0.1, -0.05) is 54.2 Å². The van der Waals surface area contributed by atoms with Crippen LogP contribution >= 0.6 is 11.8 Å². The summed E-state index contributed by atoms with van der Waals surface area (Å²) in [4.78, 5) is 28.2. The Labute approximate surface area is 154 Å². The molecule has 132 valence electrons. The number of aromatic nitrogens is 3. The van der Waals surface area contributed by atoms with Gasteiger partial charge in [0.05, 0.1) is 0 Å². The van der Waals surface area contributed by atoms with Crippen molar-refractivity contribution in [2.45, 2.75) is 17.0 Å². The van der Waals surface area contributed by atoms with Crippen LogP contribution in [0.3, 0.4) is 0 Å². The number of benzene rings is 2. The molecule has 0 bridgehead atoms. The molecule has 1 unspecified atom stereocenters. The first-order valence-electron chi connectivity index (χ1n) is 7.85. The molecule has 0 saturated heterocycles. The zero-order valence-electron chi connectivity index (χ0n) is 13.8. The normalized spacial score (nSPS) is 11.7. The summed E-state index contributed by atoms with van der Waals surface area (Å²) >= 11 is 1.52. The molecule has 7 nitrogen and oxygen atoms in total. The highest BCUT2D eigenvalue weighted by atomic mass is 32.2. The molecule has 8 heteroatoms. The second kappa shape index (κ2) is 8.30. The van der Waals surface area contributed by atoms with Crippen molar-refractivity contribution < 1.29 is 9.59 Å². The number of hydrogen-bond donors (Lipinski definition) is 3. The van der Waals surface area contributed by atoms with Crippen LogP contribution in [0.15, 0.2) is 66.1 Å². The molecule has 0 spiro atoms. The molecule has 4 N–H and O–H groups in total. The maximum Gasteiger partial charge on any atom is 0.252 e. The minimum atomic E-state index is -0.870. The number of nitrogens with two attached hydrogens (primary N) is 1. The van der Waals surface area contributed by atoms with Gasteiger partial charge in [-0.15, -0.1) is 0 Å². The van der Waals surface area contributed by atoms with Gasteiger partial charge in [-0.05, 0) is 23.3 Å². The summed E-state index contributed by atoms with van der Waals surface area (Å²) in [6, 6.07) is 15.2. The number of thioether (sulfide) groups is 1. The fourth-order valence-electron chi connectivity index (χ4n) is 2.35. The zero-order valence-corrected chi connectivity index (χ0v) is 14.6. The van der Waals surface area contributed by atoms with Crippen LogP contribution in [0.4, 0.5) is 0 Å². The standard InChI is InChI=1S/C18H17N5O2S/c19-16(24)15(13-4-2-1-3-5-13)22-17(25)14-8-6-12(7-9-14)10-26-18-20-11-21-23-18/h1-9,11,15H,10H2,(H2,19,24)(H,22,25)(H,20,21,23). The first-order chi connectivity index (χ1) is 12.6. The van der Waals surface area contributed by atoms with E-state index in [1.165, 1.54) is 18.1 Å². The average Bonchev–Trinajstić information content (AvgIpc) is 3.19. The first kappa shape index (κ1) is 17.7. The van der Waals surface area contributed by atoms with Gasteiger partial charge in [-0.3, -0.25) is 14.7 Å². The molecule has 0 aliphatic heterocycles. The van der Waals surface area contributed by atoms with Gasteiger partial charge >= 0.3 is 0 Å². The van der Waals surface area contributed by atoms with Crippen molar-refractivity contribution in [3.8, 4) is 0 Å². The number of carbonyl (C=O) groups excluding carboxylic acids is 2. The number of aromatic amines is 1. The van der Waals surface area contributed by atoms with E-state index in [2.05, 4.69) is 20.5 Å². The lowest BCUT2D eigenvalue weighted by Crippen LogP contribution is -2.37. The van der Waals surface area contributed by atoms with E-state index in [0.717, 1.165) is 10.7 Å². The molecule has 0 fully saturated rings. The molecule has 0 radical (unpaired) electrons. The van der Waals surface area contributed by atoms with E-state index in [0.29, 0.717) is 16.9 Å². The summed E-state index contributed by atoms with van der Waals surface area (Å²) in [7, 11) is 0. The summed E-state index contributed by atoms with van der Waals surface area (Å²) in [5.41, 5.74) is 7.58. The molecule has 1 heterocycles. The van der Waals surface area contributed by atoms with E-state index in [-0.39, 0.29) is 5.91 Å². The van der Waals surface area contributed by atoms with Crippen LogP contribution in [0.2, 0.25) is 0 Å². The average molecular weight is 367 g/mol. The van der Waals surface area contributed by atoms with Crippen LogP contribution in [-0.4, -0.2) is 27.0 Å². The smallest absolute Gasteiger partial charge is 0.252 e. The predicted molar refractivity (Wildman–Crippen MR) is 98.2 cm³/mol. The summed E-state index contributed by atoms with van der Waals surface area (Å²) in [5, 5.41) is 9.99. The topological polar surface area (TPSA) is 114 Å². The fraction of sp³-hybridized carbons (Fsp3) is 0.111. The third-order valence-electron chi connectivity index (χ3n) is 3.68. The van der Waals surface area contributed by atoms with E-state index in [9.17, 15) is 9.59 Å². The molecule has 0 aliphatic carbocycles. The van der Waals surface area contributed by atoms with Crippen LogP contribution in [0, 0.1) is 0 Å². The van der Waals surface area contributed by atoms with Crippen LogP contribution in [0.5, 0.6) is 0 Å². The van der Waals surface area contributed by atoms with Gasteiger partial charge in [0.15, 0.2) is 5.16 Å². The van der Waals surface area contributed by atoms with Crippen molar-refractivity contribution in [1.29, 1.82) is 0 Å². The van der Waals surface area contributed by atoms with Gasteiger partial charge < -0.3 is 11.1 Å². The summed E-state index contributed by atoms with van der Waals surface area (Å²) in [6.45, 7) is 0. The number of H-pyrrole nitrogens is 1. The molecule has 3 rings (SSSR count). The highest BCUT2D eigenvalue weighted by Gasteiger charge is 2.20. The van der Waals surface area contributed by atoms with E-state index in [1.807, 2.05) is 18.2 Å². The number of rotatable bonds is 7. The quantitative estimate of drug-likeness (QED) is 0.553. The number of carbonyl (C=O) groups is 2. The summed E-state index contributed by atoms with van der Waals surface area (Å²) < 4.78 is 0. The second-order valence-corrected chi connectivity index (χ2v) is 6.46. The Balaban J connectivity index is 1.64. The molecule has 0 aliphatic rings. The lowest BCUT2D eigenvalue weighted by Gasteiger charge is -2.16. The Bertz CT molecular complexity index is 866. The van der Waals surface area contributed by atoms with Crippen molar-refractivity contribution in [1.82, 2.24) is 20.5 Å². The lowest BCUT2D eigenvalue weighted by molar-refractivity contribution is -0.120. The molecule has 3 aromatic rings. The summed E-state index contributed by atoms with van der Waals surface area (Å²) in [6.07, 6.45) is 1.46. The van der Waals surface area contributed by atoms with Crippen molar-refractivity contribution in [3.05, 3.63) is 77.6 Å². The molecular formula is C18H17N5O2S. The Kier molecular flexibility index (Phi) is 5.65. The zero-order chi connectivity index (χ0) is 18.4. The van der Waals surface area contributed by atoms with Crippen molar-refractivity contribution in [2.24, 2.45) is 5.73 Å². The van der Waals surface area contributed by atoms with E-state index >= 15 is 0 Å². The first-order valence-corrected chi connectivity index (χ1v) is 8.84. The number of primary amides is 1. The molecule has 2 amide bonds. The molecular weight excluding hydrogens is 350 g/mol. The third-order valence-corrected chi connectivity index (χ3v) is 4.63. The van der Waals surface area contributed by atoms with Crippen LogP contribution in [0.1, 0.15) is 27.5 Å². The third kappa shape index (κ3) is 4.48. The van der Waals surface area contributed by atoms with Gasteiger partial charge in [0.1, 0.15) is 12.4 Å². The van der Waals surface area contributed by atoms with Crippen LogP contribution in [0.25, 0.3) is 0 Å². The predicted octanol–water partition coefficient (Wildman–Crippen LogP) is 2.05. The highest BCUT2D eigenvalue weighted by Crippen LogP contribution is 2.19. The maximum absolute atomic E-state index is 12.4. The lowest BCUT2D eigenvalue weighted by atomic mass is 10.1. The van der Waals surface area contributed by atoms with Crippen molar-refractivity contribution >= 4 is 23.6 Å².